The average molecular weight is 268 g/mol. The summed E-state index contributed by atoms with van der Waals surface area (Å²) in [5.41, 5.74) is 3.83. The topological polar surface area (TPSA) is 104 Å². The van der Waals surface area contributed by atoms with E-state index in [1.54, 1.807) is 42.5 Å². The molecule has 0 bridgehead atoms. The summed E-state index contributed by atoms with van der Waals surface area (Å²) in [4.78, 5) is 19.1. The van der Waals surface area contributed by atoms with Crippen LogP contribution in [0.1, 0.15) is 0 Å². The number of hydrazine groups is 1. The molecule has 0 unspecified atom stereocenters. The number of aromatic hydroxyl groups is 1. The fourth-order valence-corrected chi connectivity index (χ4v) is 2.03. The Morgan fingerprint density at radius 1 is 1.20 bits per heavy atom. The zero-order chi connectivity index (χ0) is 14.1. The maximum Gasteiger partial charge on any atom is 0.259 e. The van der Waals surface area contributed by atoms with Gasteiger partial charge in [-0.15, -0.1) is 0 Å². The number of nitrogens with two attached hydrogens (primary N) is 1. The quantitative estimate of drug-likeness (QED) is 0.417. The molecule has 0 amide bonds. The van der Waals surface area contributed by atoms with Gasteiger partial charge in [0.1, 0.15) is 11.6 Å². The van der Waals surface area contributed by atoms with E-state index in [4.69, 9.17) is 5.84 Å². The summed E-state index contributed by atoms with van der Waals surface area (Å²) >= 11 is 0. The molecule has 3 rings (SSSR count). The number of aromatic nitrogens is 2. The van der Waals surface area contributed by atoms with E-state index in [2.05, 4.69) is 15.4 Å². The van der Waals surface area contributed by atoms with Crippen molar-refractivity contribution in [3.63, 3.8) is 0 Å². The van der Waals surface area contributed by atoms with Gasteiger partial charge in [0.15, 0.2) is 0 Å². The van der Waals surface area contributed by atoms with E-state index in [0.29, 0.717) is 28.0 Å². The molecule has 0 aliphatic heterocycles. The fraction of sp³-hybridized carbons (Fsp3) is 0. The molecule has 6 nitrogen and oxygen atoms in total. The standard InChI is InChI=1S/C14H12N4O2/c15-18-8-5-6-11-10(7-8)14(20)17-13(16-11)9-3-1-2-4-12(9)19/h1-7,18-19H,15H2,(H,16,17,20). The van der Waals surface area contributed by atoms with Crippen LogP contribution in [0.15, 0.2) is 47.3 Å². The van der Waals surface area contributed by atoms with Crippen molar-refractivity contribution in [2.75, 3.05) is 5.43 Å². The van der Waals surface area contributed by atoms with Gasteiger partial charge in [-0.3, -0.25) is 10.6 Å². The Kier molecular flexibility index (Phi) is 2.85. The van der Waals surface area contributed by atoms with Gasteiger partial charge in [0.2, 0.25) is 0 Å². The molecule has 0 saturated carbocycles. The zero-order valence-electron chi connectivity index (χ0n) is 10.4. The maximum atomic E-state index is 12.1. The number of aromatic amines is 1. The zero-order valence-corrected chi connectivity index (χ0v) is 10.4. The lowest BCUT2D eigenvalue weighted by molar-refractivity contribution is 0.477. The van der Waals surface area contributed by atoms with E-state index in [1.165, 1.54) is 0 Å². The van der Waals surface area contributed by atoms with Crippen LogP contribution in [0.4, 0.5) is 5.69 Å². The Hall–Kier alpha value is -2.86. The summed E-state index contributed by atoms with van der Waals surface area (Å²) in [7, 11) is 0. The molecule has 3 aromatic rings. The molecule has 0 spiro atoms. The molecule has 5 N–H and O–H groups in total. The van der Waals surface area contributed by atoms with Crippen LogP contribution in [0.5, 0.6) is 5.75 Å². The van der Waals surface area contributed by atoms with Crippen molar-refractivity contribution < 1.29 is 5.11 Å². The van der Waals surface area contributed by atoms with Crippen LogP contribution in [-0.4, -0.2) is 15.1 Å². The van der Waals surface area contributed by atoms with Crippen LogP contribution >= 0.6 is 0 Å². The van der Waals surface area contributed by atoms with E-state index in [9.17, 15) is 9.90 Å². The van der Waals surface area contributed by atoms with Gasteiger partial charge < -0.3 is 15.5 Å². The van der Waals surface area contributed by atoms with Gasteiger partial charge >= 0.3 is 0 Å². The Morgan fingerprint density at radius 2 is 2.00 bits per heavy atom. The van der Waals surface area contributed by atoms with Crippen LogP contribution in [-0.2, 0) is 0 Å². The fourth-order valence-electron chi connectivity index (χ4n) is 2.03. The Balaban J connectivity index is 2.26. The predicted octanol–water partition coefficient (Wildman–Crippen LogP) is 1.58. The van der Waals surface area contributed by atoms with Crippen molar-refractivity contribution in [2.24, 2.45) is 5.84 Å². The number of fused-ring (bicyclic) bond motifs is 1. The first-order valence-corrected chi connectivity index (χ1v) is 5.98. The summed E-state index contributed by atoms with van der Waals surface area (Å²) in [5.74, 6) is 5.71. The molecule has 0 fully saturated rings. The second kappa shape index (κ2) is 4.67. The normalized spacial score (nSPS) is 10.7. The number of nitrogen functional groups attached to an aromatic ring is 1. The number of rotatable bonds is 2. The Labute approximate surface area is 113 Å². The number of benzene rings is 2. The molecule has 2 aromatic carbocycles. The van der Waals surface area contributed by atoms with Gasteiger partial charge in [0, 0.05) is 5.69 Å². The first-order valence-electron chi connectivity index (χ1n) is 5.98. The number of para-hydroxylation sites is 1. The maximum absolute atomic E-state index is 12.1. The first-order chi connectivity index (χ1) is 9.69. The third-order valence-corrected chi connectivity index (χ3v) is 3.03. The van der Waals surface area contributed by atoms with Crippen LogP contribution in [0.3, 0.4) is 0 Å². The van der Waals surface area contributed by atoms with Crippen molar-refractivity contribution >= 4 is 16.6 Å². The number of nitrogens with zero attached hydrogens (tertiary/aromatic N) is 1. The third-order valence-electron chi connectivity index (χ3n) is 3.03. The number of anilines is 1. The molecule has 0 aliphatic carbocycles. The van der Waals surface area contributed by atoms with Crippen LogP contribution in [0.25, 0.3) is 22.3 Å². The Morgan fingerprint density at radius 3 is 2.75 bits per heavy atom. The molecule has 1 aromatic heterocycles. The van der Waals surface area contributed by atoms with Gasteiger partial charge in [0.05, 0.1) is 16.5 Å². The second-order valence-electron chi connectivity index (χ2n) is 4.31. The average Bonchev–Trinajstić information content (AvgIpc) is 2.47. The minimum absolute atomic E-state index is 0.0650. The van der Waals surface area contributed by atoms with Crippen molar-refractivity contribution in [1.29, 1.82) is 0 Å². The smallest absolute Gasteiger partial charge is 0.259 e. The highest BCUT2D eigenvalue weighted by Crippen LogP contribution is 2.26. The van der Waals surface area contributed by atoms with Crippen LogP contribution in [0, 0.1) is 0 Å². The highest BCUT2D eigenvalue weighted by molar-refractivity contribution is 5.83. The van der Waals surface area contributed by atoms with Gasteiger partial charge in [-0.2, -0.15) is 0 Å². The lowest BCUT2D eigenvalue weighted by Crippen LogP contribution is -2.11. The molecule has 0 aliphatic rings. The van der Waals surface area contributed by atoms with E-state index in [1.807, 2.05) is 0 Å². The van der Waals surface area contributed by atoms with Crippen molar-refractivity contribution in [1.82, 2.24) is 9.97 Å². The number of H-pyrrole nitrogens is 1. The van der Waals surface area contributed by atoms with Gasteiger partial charge in [-0.05, 0) is 30.3 Å². The minimum Gasteiger partial charge on any atom is -0.507 e. The summed E-state index contributed by atoms with van der Waals surface area (Å²) in [6.07, 6.45) is 0. The van der Waals surface area contributed by atoms with E-state index in [-0.39, 0.29) is 11.3 Å². The molecule has 0 saturated heterocycles. The van der Waals surface area contributed by atoms with Crippen molar-refractivity contribution in [3.05, 3.63) is 52.8 Å². The minimum atomic E-state index is -0.287. The highest BCUT2D eigenvalue weighted by Gasteiger charge is 2.09. The molecular weight excluding hydrogens is 256 g/mol. The summed E-state index contributed by atoms with van der Waals surface area (Å²) in [6.45, 7) is 0. The molecule has 0 radical (unpaired) electrons. The number of phenols is 1. The lowest BCUT2D eigenvalue weighted by atomic mass is 10.1. The molecule has 6 heteroatoms. The van der Waals surface area contributed by atoms with E-state index < -0.39 is 0 Å². The second-order valence-corrected chi connectivity index (χ2v) is 4.31. The predicted molar refractivity (Wildman–Crippen MR) is 77.3 cm³/mol. The number of phenolic OH excluding ortho intramolecular Hbond substituents is 1. The van der Waals surface area contributed by atoms with Gasteiger partial charge in [-0.1, -0.05) is 12.1 Å². The van der Waals surface area contributed by atoms with Crippen molar-refractivity contribution in [2.45, 2.75) is 0 Å². The SMILES string of the molecule is NNc1ccc2nc(-c3ccccc3O)[nH]c(=O)c2c1. The largest absolute Gasteiger partial charge is 0.507 e. The molecule has 1 heterocycles. The summed E-state index contributed by atoms with van der Waals surface area (Å²) < 4.78 is 0. The van der Waals surface area contributed by atoms with E-state index in [0.717, 1.165) is 0 Å². The van der Waals surface area contributed by atoms with Crippen LogP contribution in [0.2, 0.25) is 0 Å². The number of nitrogens with one attached hydrogen (secondary N) is 2. The first kappa shape index (κ1) is 12.2. The molecule has 100 valence electrons. The monoisotopic (exact) mass is 268 g/mol. The molecule has 20 heavy (non-hydrogen) atoms. The summed E-state index contributed by atoms with van der Waals surface area (Å²) in [5, 5.41) is 10.3. The lowest BCUT2D eigenvalue weighted by Gasteiger charge is -2.06. The number of hydrogen-bond acceptors (Lipinski definition) is 5. The van der Waals surface area contributed by atoms with Gasteiger partial charge in [0.25, 0.3) is 5.56 Å². The number of hydrogen-bond donors (Lipinski definition) is 4. The molecular formula is C14H12N4O2. The van der Waals surface area contributed by atoms with Gasteiger partial charge in [-0.25, -0.2) is 4.98 Å². The highest BCUT2D eigenvalue weighted by atomic mass is 16.3. The molecule has 0 atom stereocenters. The Bertz CT molecular complexity index is 842. The van der Waals surface area contributed by atoms with Crippen LogP contribution < -0.4 is 16.8 Å². The third kappa shape index (κ3) is 1.98. The van der Waals surface area contributed by atoms with Crippen molar-refractivity contribution in [3.8, 4) is 17.1 Å². The summed E-state index contributed by atoms with van der Waals surface area (Å²) in [6, 6.07) is 11.7. The van der Waals surface area contributed by atoms with E-state index >= 15 is 0 Å².